The minimum atomic E-state index is -4.52. The number of piperidine rings is 1. The Hall–Kier alpha value is -1.83. The fourth-order valence-corrected chi connectivity index (χ4v) is 5.26. The van der Waals surface area contributed by atoms with Crippen molar-refractivity contribution in [3.8, 4) is 0 Å². The predicted octanol–water partition coefficient (Wildman–Crippen LogP) is 4.43. The summed E-state index contributed by atoms with van der Waals surface area (Å²) in [5, 5.41) is -0.0993. The second-order valence-corrected chi connectivity index (χ2v) is 8.78. The minimum absolute atomic E-state index is 0.0220. The molecule has 1 saturated carbocycles. The number of anilines is 1. The number of nitrogens with zero attached hydrogens (tertiary/aromatic N) is 3. The number of amides is 2. The van der Waals surface area contributed by atoms with Gasteiger partial charge >= 0.3 is 6.18 Å². The molecule has 3 aliphatic rings. The molecule has 29 heavy (non-hydrogen) atoms. The third-order valence-electron chi connectivity index (χ3n) is 6.40. The van der Waals surface area contributed by atoms with Gasteiger partial charge in [0.05, 0.1) is 16.0 Å². The summed E-state index contributed by atoms with van der Waals surface area (Å²) in [6, 6.07) is 0.840. The minimum Gasteiger partial charge on any atom is -0.354 e. The van der Waals surface area contributed by atoms with Crippen LogP contribution in [0.4, 0.5) is 19.0 Å². The molecule has 3 heterocycles. The monoisotopic (exact) mass is 429 g/mol. The molecule has 1 atom stereocenters. The van der Waals surface area contributed by atoms with Crippen LogP contribution < -0.4 is 4.90 Å². The summed E-state index contributed by atoms with van der Waals surface area (Å²) < 4.78 is 38.7. The maximum absolute atomic E-state index is 13.3. The van der Waals surface area contributed by atoms with Gasteiger partial charge in [-0.3, -0.25) is 14.5 Å². The molecular formula is C20H23ClF3N3O2. The van der Waals surface area contributed by atoms with Gasteiger partial charge in [0, 0.05) is 31.7 Å². The van der Waals surface area contributed by atoms with Crippen molar-refractivity contribution in [3.63, 3.8) is 0 Å². The Kier molecular flexibility index (Phi) is 5.25. The number of likely N-dealkylation sites (tertiary alicyclic amines) is 1. The van der Waals surface area contributed by atoms with E-state index in [-0.39, 0.29) is 41.7 Å². The van der Waals surface area contributed by atoms with E-state index in [4.69, 9.17) is 11.6 Å². The second-order valence-electron chi connectivity index (χ2n) is 8.37. The number of rotatable bonds is 2. The zero-order valence-electron chi connectivity index (χ0n) is 16.0. The van der Waals surface area contributed by atoms with Gasteiger partial charge in [0.25, 0.3) is 0 Å². The third kappa shape index (κ3) is 3.71. The van der Waals surface area contributed by atoms with Crippen molar-refractivity contribution < 1.29 is 22.8 Å². The molecule has 5 nitrogen and oxygen atoms in total. The SMILES string of the molecule is O=C1CC2(CCCN(c3ncc(C(F)(F)F)cc3Cl)C2)C(=O)N1C1CCCCC1. The molecule has 1 aromatic heterocycles. The number of hydrogen-bond acceptors (Lipinski definition) is 4. The molecule has 1 aromatic rings. The van der Waals surface area contributed by atoms with Crippen molar-refractivity contribution in [1.29, 1.82) is 0 Å². The topological polar surface area (TPSA) is 53.5 Å². The summed E-state index contributed by atoms with van der Waals surface area (Å²) in [5.74, 6) is -0.0348. The van der Waals surface area contributed by atoms with Crippen LogP contribution in [0.25, 0.3) is 0 Å². The molecule has 4 rings (SSSR count). The summed E-state index contributed by atoms with van der Waals surface area (Å²) in [7, 11) is 0. The van der Waals surface area contributed by atoms with Gasteiger partial charge in [0.2, 0.25) is 11.8 Å². The first-order valence-corrected chi connectivity index (χ1v) is 10.4. The molecule has 2 amide bonds. The van der Waals surface area contributed by atoms with Crippen LogP contribution >= 0.6 is 11.6 Å². The number of alkyl halides is 3. The van der Waals surface area contributed by atoms with E-state index in [1.54, 1.807) is 4.90 Å². The van der Waals surface area contributed by atoms with E-state index in [9.17, 15) is 22.8 Å². The molecule has 158 valence electrons. The van der Waals surface area contributed by atoms with Gasteiger partial charge in [-0.25, -0.2) is 4.98 Å². The Morgan fingerprint density at radius 3 is 2.52 bits per heavy atom. The quantitative estimate of drug-likeness (QED) is 0.652. The van der Waals surface area contributed by atoms with Gasteiger partial charge in [-0.05, 0) is 31.7 Å². The molecule has 1 unspecified atom stereocenters. The first kappa shape index (κ1) is 20.4. The average molecular weight is 430 g/mol. The van der Waals surface area contributed by atoms with Crippen molar-refractivity contribution >= 4 is 29.2 Å². The summed E-state index contributed by atoms with van der Waals surface area (Å²) in [4.78, 5) is 33.2. The molecule has 0 aromatic carbocycles. The number of aromatic nitrogens is 1. The van der Waals surface area contributed by atoms with Gasteiger partial charge in [-0.15, -0.1) is 0 Å². The predicted molar refractivity (Wildman–Crippen MR) is 101 cm³/mol. The molecule has 3 fully saturated rings. The van der Waals surface area contributed by atoms with Crippen molar-refractivity contribution in [2.45, 2.75) is 63.6 Å². The molecule has 2 aliphatic heterocycles. The highest BCUT2D eigenvalue weighted by molar-refractivity contribution is 6.33. The lowest BCUT2D eigenvalue weighted by molar-refractivity contribution is -0.145. The molecular weight excluding hydrogens is 407 g/mol. The third-order valence-corrected chi connectivity index (χ3v) is 6.67. The van der Waals surface area contributed by atoms with Gasteiger partial charge in [0.15, 0.2) is 0 Å². The number of imide groups is 1. The molecule has 1 aliphatic carbocycles. The first-order valence-electron chi connectivity index (χ1n) is 10.1. The van der Waals surface area contributed by atoms with Crippen LogP contribution in [0.1, 0.15) is 56.9 Å². The number of carbonyl (C=O) groups excluding carboxylic acids is 2. The zero-order chi connectivity index (χ0) is 20.8. The zero-order valence-corrected chi connectivity index (χ0v) is 16.7. The summed E-state index contributed by atoms with van der Waals surface area (Å²) in [5.41, 5.74) is -1.74. The van der Waals surface area contributed by atoms with Crippen LogP contribution in [0.5, 0.6) is 0 Å². The lowest BCUT2D eigenvalue weighted by Crippen LogP contribution is -2.50. The average Bonchev–Trinajstić information content (AvgIpc) is 2.91. The van der Waals surface area contributed by atoms with E-state index in [1.165, 1.54) is 4.90 Å². The van der Waals surface area contributed by atoms with E-state index in [2.05, 4.69) is 4.98 Å². The molecule has 2 saturated heterocycles. The fourth-order valence-electron chi connectivity index (χ4n) is 4.98. The Morgan fingerprint density at radius 1 is 1.14 bits per heavy atom. The molecule has 0 N–H and O–H groups in total. The van der Waals surface area contributed by atoms with Crippen LogP contribution in [0.2, 0.25) is 5.02 Å². The largest absolute Gasteiger partial charge is 0.417 e. The lowest BCUT2D eigenvalue weighted by atomic mass is 9.78. The van der Waals surface area contributed by atoms with E-state index < -0.39 is 17.2 Å². The highest BCUT2D eigenvalue weighted by Gasteiger charge is 2.55. The molecule has 1 spiro atoms. The molecule has 9 heteroatoms. The Morgan fingerprint density at radius 2 is 1.86 bits per heavy atom. The normalized spacial score (nSPS) is 26.6. The van der Waals surface area contributed by atoms with Gasteiger partial charge in [-0.2, -0.15) is 13.2 Å². The highest BCUT2D eigenvalue weighted by Crippen LogP contribution is 2.45. The fraction of sp³-hybridized carbons (Fsp3) is 0.650. The van der Waals surface area contributed by atoms with Crippen LogP contribution in [0, 0.1) is 5.41 Å². The van der Waals surface area contributed by atoms with Gasteiger partial charge < -0.3 is 4.90 Å². The van der Waals surface area contributed by atoms with Crippen molar-refractivity contribution in [3.05, 3.63) is 22.8 Å². The second kappa shape index (κ2) is 7.45. The summed E-state index contributed by atoms with van der Waals surface area (Å²) in [6.45, 7) is 0.781. The summed E-state index contributed by atoms with van der Waals surface area (Å²) in [6.07, 6.45) is 2.50. The maximum Gasteiger partial charge on any atom is 0.417 e. The number of hydrogen-bond donors (Lipinski definition) is 0. The Labute approximate surface area is 172 Å². The van der Waals surface area contributed by atoms with E-state index in [0.29, 0.717) is 19.4 Å². The van der Waals surface area contributed by atoms with Crippen LogP contribution in [-0.2, 0) is 15.8 Å². The summed E-state index contributed by atoms with van der Waals surface area (Å²) >= 11 is 6.11. The standard InChI is InChI=1S/C20H23ClF3N3O2/c21-15-9-13(20(22,23)24)11-25-17(15)26-8-4-7-19(12-26)10-16(28)27(18(19)29)14-5-2-1-3-6-14/h9,11,14H,1-8,10,12H2. The van der Waals surface area contributed by atoms with Crippen molar-refractivity contribution in [2.24, 2.45) is 5.41 Å². The van der Waals surface area contributed by atoms with Crippen molar-refractivity contribution in [2.75, 3.05) is 18.0 Å². The van der Waals surface area contributed by atoms with Crippen LogP contribution in [0.15, 0.2) is 12.3 Å². The van der Waals surface area contributed by atoms with Gasteiger partial charge in [-0.1, -0.05) is 30.9 Å². The van der Waals surface area contributed by atoms with E-state index >= 15 is 0 Å². The highest BCUT2D eigenvalue weighted by atomic mass is 35.5. The Bertz CT molecular complexity index is 826. The first-order chi connectivity index (χ1) is 13.7. The number of pyridine rings is 1. The smallest absolute Gasteiger partial charge is 0.354 e. The van der Waals surface area contributed by atoms with E-state index in [1.807, 2.05) is 0 Å². The lowest BCUT2D eigenvalue weighted by Gasteiger charge is -2.40. The van der Waals surface area contributed by atoms with Crippen LogP contribution in [-0.4, -0.2) is 40.8 Å². The van der Waals surface area contributed by atoms with E-state index in [0.717, 1.165) is 44.4 Å². The molecule has 0 bridgehead atoms. The van der Waals surface area contributed by atoms with Crippen LogP contribution in [0.3, 0.4) is 0 Å². The number of carbonyl (C=O) groups is 2. The number of halogens is 4. The Balaban J connectivity index is 1.57. The maximum atomic E-state index is 13.3. The van der Waals surface area contributed by atoms with Crippen molar-refractivity contribution in [1.82, 2.24) is 9.88 Å². The molecule has 0 radical (unpaired) electrons. The van der Waals surface area contributed by atoms with Gasteiger partial charge in [0.1, 0.15) is 5.82 Å².